The minimum atomic E-state index is -0.492. The number of halogens is 1. The highest BCUT2D eigenvalue weighted by molar-refractivity contribution is 8.18. The van der Waals surface area contributed by atoms with E-state index in [0.717, 1.165) is 34.3 Å². The van der Waals surface area contributed by atoms with Gasteiger partial charge >= 0.3 is 0 Å². The van der Waals surface area contributed by atoms with Crippen molar-refractivity contribution in [2.45, 2.75) is 45.2 Å². The Morgan fingerprint density at radius 1 is 1.24 bits per heavy atom. The van der Waals surface area contributed by atoms with Gasteiger partial charge in [0, 0.05) is 35.4 Å². The summed E-state index contributed by atoms with van der Waals surface area (Å²) in [6.07, 6.45) is 2.67. The third-order valence-electron chi connectivity index (χ3n) is 6.40. The smallest absolute Gasteiger partial charge is 0.293 e. The molecule has 7 nitrogen and oxygen atoms in total. The van der Waals surface area contributed by atoms with Crippen LogP contribution in [0.15, 0.2) is 41.3 Å². The SMILES string of the molecule is C[C@H]1CC(C)(C)N(C)c2cc(Cl)c(/C=C3\SC(=O)N(Cc4ccc([N+](=O)[O-])cc4)C3=O)cc21. The van der Waals surface area contributed by atoms with E-state index in [4.69, 9.17) is 11.6 Å². The fourth-order valence-corrected chi connectivity index (χ4v) is 5.44. The lowest BCUT2D eigenvalue weighted by Gasteiger charge is -2.45. The van der Waals surface area contributed by atoms with Gasteiger partial charge in [-0.3, -0.25) is 24.6 Å². The molecule has 0 bridgehead atoms. The van der Waals surface area contributed by atoms with E-state index in [0.29, 0.717) is 27.0 Å². The van der Waals surface area contributed by atoms with Crippen LogP contribution in [0.3, 0.4) is 0 Å². The van der Waals surface area contributed by atoms with Crippen LogP contribution in [-0.4, -0.2) is 33.6 Å². The molecule has 1 fully saturated rings. The normalized spacial score (nSPS) is 21.0. The predicted octanol–water partition coefficient (Wildman–Crippen LogP) is 6.21. The molecular weight excluding hydrogens is 462 g/mol. The molecule has 0 aliphatic carbocycles. The fraction of sp³-hybridized carbons (Fsp3) is 0.333. The average Bonchev–Trinajstić information content (AvgIpc) is 3.00. The summed E-state index contributed by atoms with van der Waals surface area (Å²) < 4.78 is 0. The quantitative estimate of drug-likeness (QED) is 0.291. The summed E-state index contributed by atoms with van der Waals surface area (Å²) >= 11 is 7.46. The highest BCUT2D eigenvalue weighted by atomic mass is 35.5. The molecule has 0 radical (unpaired) electrons. The molecule has 1 atom stereocenters. The number of amides is 2. The van der Waals surface area contributed by atoms with Gasteiger partial charge in [0.05, 0.1) is 16.4 Å². The molecule has 172 valence electrons. The summed E-state index contributed by atoms with van der Waals surface area (Å²) in [4.78, 5) is 39.5. The van der Waals surface area contributed by atoms with Crippen molar-refractivity contribution in [1.29, 1.82) is 0 Å². The first kappa shape index (κ1) is 23.3. The zero-order valence-corrected chi connectivity index (χ0v) is 20.4. The fourth-order valence-electron chi connectivity index (χ4n) is 4.40. The number of hydrogen-bond acceptors (Lipinski definition) is 6. The van der Waals surface area contributed by atoms with Crippen LogP contribution in [0.2, 0.25) is 5.02 Å². The molecule has 2 aromatic rings. The number of benzene rings is 2. The Balaban J connectivity index is 1.60. The van der Waals surface area contributed by atoms with Crippen molar-refractivity contribution in [3.63, 3.8) is 0 Å². The molecule has 2 aliphatic rings. The molecule has 4 rings (SSSR count). The van der Waals surface area contributed by atoms with Gasteiger partial charge < -0.3 is 4.90 Å². The van der Waals surface area contributed by atoms with Crippen LogP contribution in [-0.2, 0) is 11.3 Å². The minimum absolute atomic E-state index is 0.0117. The standard InChI is InChI=1S/C24H24ClN3O4S/c1-14-12-24(2,3)26(4)20-11-19(25)16(9-18(14)20)10-21-22(29)27(23(30)33-21)13-15-5-7-17(8-6-15)28(31)32/h5-11,14H,12-13H2,1-4H3/b21-10-/t14-/m0/s1. The highest BCUT2D eigenvalue weighted by Crippen LogP contribution is 2.45. The number of imide groups is 1. The van der Waals surface area contributed by atoms with E-state index in [-0.39, 0.29) is 23.0 Å². The molecular formula is C24H24ClN3O4S. The Hall–Kier alpha value is -2.84. The number of anilines is 1. The Morgan fingerprint density at radius 3 is 2.55 bits per heavy atom. The van der Waals surface area contributed by atoms with E-state index < -0.39 is 10.8 Å². The van der Waals surface area contributed by atoms with Crippen LogP contribution >= 0.6 is 23.4 Å². The summed E-state index contributed by atoms with van der Waals surface area (Å²) in [7, 11) is 2.06. The van der Waals surface area contributed by atoms with Crippen molar-refractivity contribution in [3.8, 4) is 0 Å². The Bertz CT molecular complexity index is 1190. The van der Waals surface area contributed by atoms with E-state index in [1.54, 1.807) is 18.2 Å². The number of nitro groups is 1. The van der Waals surface area contributed by atoms with Gasteiger partial charge in [-0.15, -0.1) is 0 Å². The number of nitrogens with zero attached hydrogens (tertiary/aromatic N) is 3. The highest BCUT2D eigenvalue weighted by Gasteiger charge is 2.37. The van der Waals surface area contributed by atoms with Crippen LogP contribution in [0.25, 0.3) is 6.08 Å². The second-order valence-electron chi connectivity index (χ2n) is 9.10. The molecule has 2 heterocycles. The van der Waals surface area contributed by atoms with E-state index >= 15 is 0 Å². The number of fused-ring (bicyclic) bond motifs is 1. The molecule has 0 aromatic heterocycles. The Labute approximate surface area is 201 Å². The topological polar surface area (TPSA) is 83.8 Å². The number of non-ortho nitro benzene ring substituents is 1. The van der Waals surface area contributed by atoms with Gasteiger partial charge in [0.1, 0.15) is 0 Å². The summed E-state index contributed by atoms with van der Waals surface area (Å²) in [5.41, 5.74) is 3.55. The van der Waals surface area contributed by atoms with E-state index in [1.165, 1.54) is 12.1 Å². The maximum absolute atomic E-state index is 13.0. The van der Waals surface area contributed by atoms with Crippen molar-refractivity contribution in [3.05, 3.63) is 73.1 Å². The zero-order valence-electron chi connectivity index (χ0n) is 18.8. The van der Waals surface area contributed by atoms with Crippen molar-refractivity contribution in [2.24, 2.45) is 0 Å². The lowest BCUT2D eigenvalue weighted by molar-refractivity contribution is -0.384. The monoisotopic (exact) mass is 485 g/mol. The molecule has 2 aliphatic heterocycles. The molecule has 0 saturated carbocycles. The number of thioether (sulfide) groups is 1. The Morgan fingerprint density at radius 2 is 1.91 bits per heavy atom. The molecule has 2 aromatic carbocycles. The first-order chi connectivity index (χ1) is 15.5. The van der Waals surface area contributed by atoms with E-state index in [2.05, 4.69) is 32.7 Å². The molecule has 0 N–H and O–H groups in total. The Kier molecular flexibility index (Phi) is 6.01. The molecule has 33 heavy (non-hydrogen) atoms. The van der Waals surface area contributed by atoms with Gasteiger partial charge in [0.25, 0.3) is 16.8 Å². The maximum atomic E-state index is 13.0. The van der Waals surface area contributed by atoms with Crippen LogP contribution in [0.1, 0.15) is 49.8 Å². The third kappa shape index (κ3) is 4.37. The first-order valence-electron chi connectivity index (χ1n) is 10.5. The molecule has 0 spiro atoms. The summed E-state index contributed by atoms with van der Waals surface area (Å²) in [5, 5.41) is 11.0. The lowest BCUT2D eigenvalue weighted by Crippen LogP contribution is -2.45. The minimum Gasteiger partial charge on any atom is -0.369 e. The van der Waals surface area contributed by atoms with Gasteiger partial charge in [-0.25, -0.2) is 0 Å². The van der Waals surface area contributed by atoms with Crippen LogP contribution < -0.4 is 4.90 Å². The lowest BCUT2D eigenvalue weighted by atomic mass is 9.80. The average molecular weight is 486 g/mol. The number of rotatable bonds is 4. The van der Waals surface area contributed by atoms with Gasteiger partial charge in [0.2, 0.25) is 0 Å². The second-order valence-corrected chi connectivity index (χ2v) is 10.5. The van der Waals surface area contributed by atoms with Crippen LogP contribution in [0, 0.1) is 10.1 Å². The van der Waals surface area contributed by atoms with Gasteiger partial charge in [-0.2, -0.15) is 0 Å². The third-order valence-corrected chi connectivity index (χ3v) is 7.63. The predicted molar refractivity (Wildman–Crippen MR) is 132 cm³/mol. The zero-order chi connectivity index (χ0) is 24.1. The summed E-state index contributed by atoms with van der Waals surface area (Å²) in [5.74, 6) is -0.0729. The van der Waals surface area contributed by atoms with Gasteiger partial charge in [-0.1, -0.05) is 30.7 Å². The molecule has 1 saturated heterocycles. The van der Waals surface area contributed by atoms with E-state index in [1.807, 2.05) is 12.1 Å². The van der Waals surface area contributed by atoms with Crippen LogP contribution in [0.5, 0.6) is 0 Å². The van der Waals surface area contributed by atoms with Crippen molar-refractivity contribution in [2.75, 3.05) is 11.9 Å². The van der Waals surface area contributed by atoms with Crippen molar-refractivity contribution >= 4 is 52.0 Å². The summed E-state index contributed by atoms with van der Waals surface area (Å²) in [6.45, 7) is 6.64. The summed E-state index contributed by atoms with van der Waals surface area (Å²) in [6, 6.07) is 9.75. The molecule has 0 unspecified atom stereocenters. The first-order valence-corrected chi connectivity index (χ1v) is 11.7. The number of nitro benzene ring substituents is 1. The van der Waals surface area contributed by atoms with Crippen molar-refractivity contribution in [1.82, 2.24) is 4.90 Å². The number of hydrogen-bond donors (Lipinski definition) is 0. The maximum Gasteiger partial charge on any atom is 0.293 e. The van der Waals surface area contributed by atoms with Gasteiger partial charge in [0.15, 0.2) is 0 Å². The largest absolute Gasteiger partial charge is 0.369 e. The number of carbonyl (C=O) groups excluding carboxylic acids is 2. The van der Waals surface area contributed by atoms with Gasteiger partial charge in [-0.05, 0) is 72.8 Å². The van der Waals surface area contributed by atoms with Crippen molar-refractivity contribution < 1.29 is 14.5 Å². The van der Waals surface area contributed by atoms with E-state index in [9.17, 15) is 19.7 Å². The number of carbonyl (C=O) groups is 2. The van der Waals surface area contributed by atoms with Crippen LogP contribution in [0.4, 0.5) is 16.2 Å². The molecule has 9 heteroatoms. The second kappa shape index (κ2) is 8.50. The molecule has 2 amide bonds.